The Morgan fingerprint density at radius 2 is 1.65 bits per heavy atom. The second-order valence-electron chi connectivity index (χ2n) is 10.6. The summed E-state index contributed by atoms with van der Waals surface area (Å²) < 4.78 is 8.46. The average molecular weight is 646 g/mol. The molecule has 1 aliphatic heterocycles. The molecule has 1 unspecified atom stereocenters. The zero-order chi connectivity index (χ0) is 31.6. The van der Waals surface area contributed by atoms with Crippen molar-refractivity contribution in [1.82, 2.24) is 19.6 Å². The standard InChI is InChI=1S/C35H27N5O4S2/c1-22-29(39-18-9-8-17-27(39)36-22)31(41)28-30(25-15-10-16-26(19-25)44-20-23-11-4-2-5-12-23)40(33(43)32(28)42)34-37-38-35(46-34)45-21-24-13-6-3-7-14-24/h2-19,30,41H,20-21H2,1H3. The summed E-state index contributed by atoms with van der Waals surface area (Å²) in [5.41, 5.74) is 4.10. The zero-order valence-electron chi connectivity index (χ0n) is 24.6. The van der Waals surface area contributed by atoms with E-state index < -0.39 is 17.7 Å². The second-order valence-corrected chi connectivity index (χ2v) is 12.8. The lowest BCUT2D eigenvalue weighted by atomic mass is 9.96. The Morgan fingerprint density at radius 3 is 2.43 bits per heavy atom. The first kappa shape index (κ1) is 29.5. The fourth-order valence-corrected chi connectivity index (χ4v) is 7.29. The monoisotopic (exact) mass is 645 g/mol. The Labute approximate surface area is 272 Å². The van der Waals surface area contributed by atoms with Gasteiger partial charge in [-0.2, -0.15) is 0 Å². The minimum Gasteiger partial charge on any atom is -0.505 e. The van der Waals surface area contributed by atoms with Crippen LogP contribution in [-0.2, 0) is 21.9 Å². The van der Waals surface area contributed by atoms with Crippen molar-refractivity contribution < 1.29 is 19.4 Å². The number of pyridine rings is 1. The highest BCUT2D eigenvalue weighted by atomic mass is 32.2. The molecule has 228 valence electrons. The maximum Gasteiger partial charge on any atom is 0.301 e. The SMILES string of the molecule is Cc1nc2ccccn2c1C(O)=C1C(=O)C(=O)N(c2nnc(SCc3ccccc3)s2)C1c1cccc(OCc2ccccc2)c1. The summed E-state index contributed by atoms with van der Waals surface area (Å²) in [5.74, 6) is -0.719. The molecule has 46 heavy (non-hydrogen) atoms. The van der Waals surface area contributed by atoms with E-state index in [2.05, 4.69) is 15.2 Å². The van der Waals surface area contributed by atoms with Gasteiger partial charge in [-0.1, -0.05) is 102 Å². The highest BCUT2D eigenvalue weighted by Gasteiger charge is 2.49. The minimum absolute atomic E-state index is 0.0624. The van der Waals surface area contributed by atoms with E-state index in [4.69, 9.17) is 4.74 Å². The lowest BCUT2D eigenvalue weighted by Crippen LogP contribution is -2.29. The first-order valence-electron chi connectivity index (χ1n) is 14.5. The summed E-state index contributed by atoms with van der Waals surface area (Å²) in [6.07, 6.45) is 1.76. The summed E-state index contributed by atoms with van der Waals surface area (Å²) >= 11 is 2.72. The van der Waals surface area contributed by atoms with Gasteiger partial charge < -0.3 is 9.84 Å². The van der Waals surface area contributed by atoms with Crippen LogP contribution in [0.3, 0.4) is 0 Å². The van der Waals surface area contributed by atoms with Gasteiger partial charge in [-0.25, -0.2) is 4.98 Å². The molecule has 0 radical (unpaired) electrons. The number of aliphatic hydroxyl groups excluding tert-OH is 1. The number of ketones is 1. The van der Waals surface area contributed by atoms with Crippen molar-refractivity contribution in [2.75, 3.05) is 4.90 Å². The number of hydrogen-bond donors (Lipinski definition) is 1. The molecule has 6 aromatic rings. The number of anilines is 1. The molecule has 0 spiro atoms. The van der Waals surface area contributed by atoms with Crippen LogP contribution >= 0.6 is 23.1 Å². The first-order valence-corrected chi connectivity index (χ1v) is 16.3. The normalized spacial score (nSPS) is 15.9. The quantitative estimate of drug-likeness (QED) is 0.0589. The molecular weight excluding hydrogens is 619 g/mol. The molecule has 1 aliphatic rings. The van der Waals surface area contributed by atoms with Crippen molar-refractivity contribution in [3.8, 4) is 5.75 Å². The van der Waals surface area contributed by atoms with E-state index in [1.165, 1.54) is 28.0 Å². The first-order chi connectivity index (χ1) is 22.5. The Hall–Kier alpha value is -5.26. The number of amides is 1. The van der Waals surface area contributed by atoms with Crippen LogP contribution in [0.2, 0.25) is 0 Å². The van der Waals surface area contributed by atoms with E-state index in [0.29, 0.717) is 45.0 Å². The second kappa shape index (κ2) is 12.6. The van der Waals surface area contributed by atoms with Gasteiger partial charge in [0.15, 0.2) is 10.1 Å². The summed E-state index contributed by atoms with van der Waals surface area (Å²) in [6.45, 7) is 2.09. The largest absolute Gasteiger partial charge is 0.505 e. The van der Waals surface area contributed by atoms with Gasteiger partial charge in [0.05, 0.1) is 17.3 Å². The number of carbonyl (C=O) groups excluding carboxylic acids is 2. The zero-order valence-corrected chi connectivity index (χ0v) is 26.2. The van der Waals surface area contributed by atoms with Crippen LogP contribution < -0.4 is 9.64 Å². The van der Waals surface area contributed by atoms with Crippen molar-refractivity contribution in [3.63, 3.8) is 0 Å². The van der Waals surface area contributed by atoms with E-state index in [1.807, 2.05) is 84.9 Å². The van der Waals surface area contributed by atoms with Crippen LogP contribution in [0, 0.1) is 6.92 Å². The number of benzene rings is 3. The summed E-state index contributed by atoms with van der Waals surface area (Å²) in [4.78, 5) is 33.6. The maximum absolute atomic E-state index is 13.9. The average Bonchev–Trinajstić information content (AvgIpc) is 3.77. The van der Waals surface area contributed by atoms with Crippen LogP contribution in [0.25, 0.3) is 11.4 Å². The van der Waals surface area contributed by atoms with Gasteiger partial charge in [0.2, 0.25) is 5.13 Å². The number of hydrogen-bond acceptors (Lipinski definition) is 9. The molecule has 0 bridgehead atoms. The van der Waals surface area contributed by atoms with Crippen molar-refractivity contribution in [2.24, 2.45) is 0 Å². The number of carbonyl (C=O) groups is 2. The topological polar surface area (TPSA) is 110 Å². The summed E-state index contributed by atoms with van der Waals surface area (Å²) in [7, 11) is 0. The van der Waals surface area contributed by atoms with Crippen molar-refractivity contribution in [2.45, 2.75) is 29.7 Å². The molecule has 9 nitrogen and oxygen atoms in total. The van der Waals surface area contributed by atoms with Gasteiger partial charge in [0, 0.05) is 11.9 Å². The fraction of sp³-hybridized carbons (Fsp3) is 0.114. The van der Waals surface area contributed by atoms with E-state index in [1.54, 1.807) is 35.7 Å². The third-order valence-electron chi connectivity index (χ3n) is 7.60. The van der Waals surface area contributed by atoms with Gasteiger partial charge in [-0.3, -0.25) is 18.9 Å². The van der Waals surface area contributed by atoms with Crippen LogP contribution in [0.4, 0.5) is 5.13 Å². The molecule has 3 aromatic heterocycles. The van der Waals surface area contributed by atoms with Crippen molar-refractivity contribution >= 4 is 51.3 Å². The van der Waals surface area contributed by atoms with Crippen LogP contribution in [0.15, 0.2) is 119 Å². The Bertz CT molecular complexity index is 2090. The molecular formula is C35H27N5O4S2. The van der Waals surface area contributed by atoms with E-state index >= 15 is 0 Å². The molecule has 7 rings (SSSR count). The third kappa shape index (κ3) is 5.66. The van der Waals surface area contributed by atoms with Gasteiger partial charge in [-0.05, 0) is 47.9 Å². The molecule has 11 heteroatoms. The number of imidazole rings is 1. The van der Waals surface area contributed by atoms with E-state index in [-0.39, 0.29) is 16.5 Å². The smallest absolute Gasteiger partial charge is 0.301 e. The maximum atomic E-state index is 13.9. The third-order valence-corrected chi connectivity index (χ3v) is 9.73. The number of aromatic nitrogens is 4. The number of rotatable bonds is 9. The van der Waals surface area contributed by atoms with Crippen molar-refractivity contribution in [1.29, 1.82) is 0 Å². The molecule has 1 saturated heterocycles. The predicted octanol–water partition coefficient (Wildman–Crippen LogP) is 6.99. The highest BCUT2D eigenvalue weighted by molar-refractivity contribution is 8.00. The number of aliphatic hydroxyl groups is 1. The molecule has 1 amide bonds. The van der Waals surface area contributed by atoms with Gasteiger partial charge >= 0.3 is 5.91 Å². The molecule has 4 heterocycles. The summed E-state index contributed by atoms with van der Waals surface area (Å²) in [6, 6.07) is 31.4. The minimum atomic E-state index is -0.992. The molecule has 1 N–H and O–H groups in total. The van der Waals surface area contributed by atoms with Crippen LogP contribution in [0.5, 0.6) is 5.75 Å². The summed E-state index contributed by atoms with van der Waals surface area (Å²) in [5, 5.41) is 20.8. The molecule has 1 fully saturated rings. The Morgan fingerprint density at radius 1 is 0.913 bits per heavy atom. The lowest BCUT2D eigenvalue weighted by molar-refractivity contribution is -0.132. The predicted molar refractivity (Wildman–Crippen MR) is 178 cm³/mol. The molecule has 3 aromatic carbocycles. The number of thioether (sulfide) groups is 1. The number of nitrogens with zero attached hydrogens (tertiary/aromatic N) is 5. The van der Waals surface area contributed by atoms with Crippen LogP contribution in [0.1, 0.15) is 34.1 Å². The van der Waals surface area contributed by atoms with Gasteiger partial charge in [0.25, 0.3) is 5.78 Å². The highest BCUT2D eigenvalue weighted by Crippen LogP contribution is 2.45. The van der Waals surface area contributed by atoms with Gasteiger partial charge in [-0.15, -0.1) is 10.2 Å². The van der Waals surface area contributed by atoms with Gasteiger partial charge in [0.1, 0.15) is 23.7 Å². The number of fused-ring (bicyclic) bond motifs is 1. The Kier molecular flexibility index (Phi) is 8.08. The molecule has 0 aliphatic carbocycles. The van der Waals surface area contributed by atoms with E-state index in [0.717, 1.165) is 11.1 Å². The fourth-order valence-electron chi connectivity index (χ4n) is 5.46. The van der Waals surface area contributed by atoms with Crippen LogP contribution in [-0.4, -0.2) is 36.4 Å². The molecule has 1 atom stereocenters. The number of Topliss-reactive ketones (excluding diaryl/α,β-unsaturated/α-hetero) is 1. The van der Waals surface area contributed by atoms with Crippen molar-refractivity contribution in [3.05, 3.63) is 143 Å². The lowest BCUT2D eigenvalue weighted by Gasteiger charge is -2.23. The molecule has 0 saturated carbocycles. The number of aryl methyl sites for hydroxylation is 1. The van der Waals surface area contributed by atoms with E-state index in [9.17, 15) is 14.7 Å². The Balaban J connectivity index is 1.30. The number of ether oxygens (including phenoxy) is 1.